The molecule has 0 saturated heterocycles. The third-order valence-electron chi connectivity index (χ3n) is 3.95. The number of pyridine rings is 1. The summed E-state index contributed by atoms with van der Waals surface area (Å²) < 4.78 is 0.889. The average Bonchev–Trinajstić information content (AvgIpc) is 2.58. The molecule has 1 aliphatic heterocycles. The molecule has 1 unspecified atom stereocenters. The van der Waals surface area contributed by atoms with Crippen LogP contribution in [0.4, 0.5) is 17.3 Å². The van der Waals surface area contributed by atoms with Crippen molar-refractivity contribution in [2.45, 2.75) is 13.0 Å². The molecule has 0 spiro atoms. The Morgan fingerprint density at radius 2 is 2.08 bits per heavy atom. The number of aromatic nitrogens is 1. The topological polar surface area (TPSA) is 169 Å². The van der Waals surface area contributed by atoms with Crippen molar-refractivity contribution in [1.82, 2.24) is 10.3 Å². The van der Waals surface area contributed by atoms with Gasteiger partial charge in [0, 0.05) is 14.7 Å². The molecule has 2 aromatic rings. The summed E-state index contributed by atoms with van der Waals surface area (Å²) in [5, 5.41) is 34.0. The quantitative estimate of drug-likeness (QED) is 0.243. The van der Waals surface area contributed by atoms with Gasteiger partial charge >= 0.3 is 0 Å². The van der Waals surface area contributed by atoms with E-state index in [9.17, 15) is 10.4 Å². The molecule has 3 rings (SSSR count). The van der Waals surface area contributed by atoms with E-state index >= 15 is 0 Å². The third kappa shape index (κ3) is 2.80. The van der Waals surface area contributed by atoms with Gasteiger partial charge in [-0.05, 0) is 47.2 Å². The van der Waals surface area contributed by atoms with Crippen LogP contribution in [0.15, 0.2) is 17.1 Å². The van der Waals surface area contributed by atoms with Crippen LogP contribution in [0.5, 0.6) is 5.75 Å². The van der Waals surface area contributed by atoms with E-state index in [4.69, 9.17) is 16.7 Å². The Labute approximate surface area is 162 Å². The van der Waals surface area contributed by atoms with E-state index in [1.807, 2.05) is 12.1 Å². The maximum Gasteiger partial charge on any atom is 0.211 e. The molecular formula is C16H13IN8O. The summed E-state index contributed by atoms with van der Waals surface area (Å²) in [5.41, 5.74) is 13.7. The van der Waals surface area contributed by atoms with Gasteiger partial charge in [-0.15, -0.1) is 0 Å². The molecule has 0 bridgehead atoms. The first-order valence-electron chi connectivity index (χ1n) is 7.35. The number of aromatic hydroxyl groups is 1. The summed E-state index contributed by atoms with van der Waals surface area (Å²) in [6.07, 6.45) is 1.78. The van der Waals surface area contributed by atoms with Crippen molar-refractivity contribution >= 4 is 45.9 Å². The number of nitriles is 2. The van der Waals surface area contributed by atoms with E-state index < -0.39 is 6.04 Å². The average molecular weight is 460 g/mol. The highest BCUT2D eigenvalue weighted by atomic mass is 127. The molecule has 9 nitrogen and oxygen atoms in total. The van der Waals surface area contributed by atoms with Crippen LogP contribution in [0.1, 0.15) is 28.3 Å². The van der Waals surface area contributed by atoms with E-state index in [-0.39, 0.29) is 34.6 Å². The van der Waals surface area contributed by atoms with Gasteiger partial charge in [0.1, 0.15) is 35.1 Å². The molecule has 1 aliphatic rings. The van der Waals surface area contributed by atoms with Crippen LogP contribution in [-0.4, -0.2) is 16.1 Å². The van der Waals surface area contributed by atoms with Crippen LogP contribution >= 0.6 is 22.6 Å². The maximum atomic E-state index is 10.6. The van der Waals surface area contributed by atoms with Gasteiger partial charge in [-0.3, -0.25) is 5.32 Å². The van der Waals surface area contributed by atoms with Crippen LogP contribution in [0.3, 0.4) is 0 Å². The fourth-order valence-corrected chi connectivity index (χ4v) is 3.58. The number of nitrogen functional groups attached to an aromatic ring is 2. The van der Waals surface area contributed by atoms with Gasteiger partial charge in [-0.25, -0.2) is 9.98 Å². The predicted molar refractivity (Wildman–Crippen MR) is 105 cm³/mol. The summed E-state index contributed by atoms with van der Waals surface area (Å²) in [7, 11) is 0. The first-order chi connectivity index (χ1) is 12.4. The Balaban J connectivity index is 2.32. The highest BCUT2D eigenvalue weighted by Gasteiger charge is 2.31. The lowest BCUT2D eigenvalue weighted by Gasteiger charge is -2.27. The van der Waals surface area contributed by atoms with Crippen molar-refractivity contribution in [3.63, 3.8) is 0 Å². The maximum absolute atomic E-state index is 10.6. The third-order valence-corrected chi connectivity index (χ3v) is 4.57. The lowest BCUT2D eigenvalue weighted by molar-refractivity contribution is 0.461. The second-order valence-electron chi connectivity index (χ2n) is 5.56. The summed E-state index contributed by atoms with van der Waals surface area (Å²) in [5.74, 6) is 0.430. The number of nitrogens with one attached hydrogen (secondary N) is 2. The first-order valence-corrected chi connectivity index (χ1v) is 8.43. The Morgan fingerprint density at radius 3 is 2.73 bits per heavy atom. The van der Waals surface area contributed by atoms with Gasteiger partial charge < -0.3 is 21.9 Å². The number of hydrogen-bond acceptors (Lipinski definition) is 9. The molecule has 1 aromatic carbocycles. The summed E-state index contributed by atoms with van der Waals surface area (Å²) >= 11 is 2.13. The smallest absolute Gasteiger partial charge is 0.211 e. The first kappa shape index (κ1) is 17.6. The molecule has 0 aliphatic carbocycles. The number of halogens is 1. The van der Waals surface area contributed by atoms with Crippen molar-refractivity contribution in [3.8, 4) is 18.0 Å². The van der Waals surface area contributed by atoms with Crippen molar-refractivity contribution in [3.05, 3.63) is 38.0 Å². The SMILES string of the molecule is Cc1cc(I)cc(C2N=C(NC#N)Nc3nc(N)c(C#N)c(N)c32)c1O. The van der Waals surface area contributed by atoms with Gasteiger partial charge in [0.05, 0.1) is 5.69 Å². The van der Waals surface area contributed by atoms with Crippen molar-refractivity contribution in [2.24, 2.45) is 4.99 Å². The number of guanidine groups is 1. The van der Waals surface area contributed by atoms with Crippen LogP contribution in [-0.2, 0) is 0 Å². The molecular weight excluding hydrogens is 447 g/mol. The van der Waals surface area contributed by atoms with E-state index in [0.717, 1.165) is 3.57 Å². The molecule has 10 heteroatoms. The lowest BCUT2D eigenvalue weighted by Crippen LogP contribution is -2.32. The second-order valence-corrected chi connectivity index (χ2v) is 6.81. The molecule has 130 valence electrons. The summed E-state index contributed by atoms with van der Waals surface area (Å²) in [6, 6.07) is 4.76. The number of aliphatic imine (C=N–C) groups is 1. The molecule has 26 heavy (non-hydrogen) atoms. The zero-order valence-corrected chi connectivity index (χ0v) is 15.7. The normalized spacial score (nSPS) is 15.1. The molecule has 0 amide bonds. The van der Waals surface area contributed by atoms with Crippen molar-refractivity contribution in [1.29, 1.82) is 10.5 Å². The number of phenolic OH excluding ortho intramolecular Hbond substituents is 1. The number of rotatable bonds is 1. The van der Waals surface area contributed by atoms with E-state index in [0.29, 0.717) is 16.7 Å². The van der Waals surface area contributed by atoms with E-state index in [1.54, 1.807) is 19.2 Å². The minimum atomic E-state index is -0.768. The molecule has 1 aromatic heterocycles. The Kier molecular flexibility index (Phi) is 4.44. The minimum absolute atomic E-state index is 0.0312. The van der Waals surface area contributed by atoms with Crippen LogP contribution < -0.4 is 22.1 Å². The van der Waals surface area contributed by atoms with Crippen LogP contribution in [0.25, 0.3) is 0 Å². The van der Waals surface area contributed by atoms with Crippen molar-refractivity contribution in [2.75, 3.05) is 16.8 Å². The number of phenols is 1. The number of fused-ring (bicyclic) bond motifs is 1. The van der Waals surface area contributed by atoms with Gasteiger partial charge in [-0.2, -0.15) is 10.5 Å². The number of nitrogens with two attached hydrogens (primary N) is 2. The number of hydrogen-bond donors (Lipinski definition) is 5. The predicted octanol–water partition coefficient (Wildman–Crippen LogP) is 1.68. The second kappa shape index (κ2) is 6.57. The molecule has 2 heterocycles. The highest BCUT2D eigenvalue weighted by Crippen LogP contribution is 2.44. The number of aryl methyl sites for hydroxylation is 1. The largest absolute Gasteiger partial charge is 0.507 e. The molecule has 1 atom stereocenters. The minimum Gasteiger partial charge on any atom is -0.507 e. The lowest BCUT2D eigenvalue weighted by atomic mass is 9.93. The zero-order chi connectivity index (χ0) is 19.0. The van der Waals surface area contributed by atoms with E-state index in [1.165, 1.54) is 0 Å². The van der Waals surface area contributed by atoms with E-state index in [2.05, 4.69) is 43.2 Å². The summed E-state index contributed by atoms with van der Waals surface area (Å²) in [4.78, 5) is 8.61. The Morgan fingerprint density at radius 1 is 1.35 bits per heavy atom. The van der Waals surface area contributed by atoms with Gasteiger partial charge in [-0.1, -0.05) is 0 Å². The Bertz CT molecular complexity index is 1030. The highest BCUT2D eigenvalue weighted by molar-refractivity contribution is 14.1. The number of anilines is 3. The Hall–Kier alpha value is -3.25. The molecule has 0 radical (unpaired) electrons. The number of nitrogens with zero attached hydrogens (tertiary/aromatic N) is 4. The molecule has 0 saturated carbocycles. The fourth-order valence-electron chi connectivity index (χ4n) is 2.78. The zero-order valence-electron chi connectivity index (χ0n) is 13.5. The van der Waals surface area contributed by atoms with Gasteiger partial charge in [0.2, 0.25) is 5.96 Å². The van der Waals surface area contributed by atoms with Gasteiger partial charge in [0.25, 0.3) is 0 Å². The standard InChI is InChI=1S/C16H13IN8O/c1-6-2-7(17)3-8(13(6)26)12-10-11(20)9(4-18)14(21)24-15(10)25-16(23-12)22-5-19/h2-3,12,26H,1H3,(H6,20,21,22,23,24,25). The van der Waals surface area contributed by atoms with Crippen LogP contribution in [0.2, 0.25) is 0 Å². The molecule has 0 fully saturated rings. The monoisotopic (exact) mass is 460 g/mol. The van der Waals surface area contributed by atoms with Crippen LogP contribution in [0, 0.1) is 33.3 Å². The van der Waals surface area contributed by atoms with Crippen molar-refractivity contribution < 1.29 is 5.11 Å². The fraction of sp³-hybridized carbons (Fsp3) is 0.125. The molecule has 7 N–H and O–H groups in total. The summed E-state index contributed by atoms with van der Waals surface area (Å²) in [6.45, 7) is 1.77. The van der Waals surface area contributed by atoms with Gasteiger partial charge in [0.15, 0.2) is 6.19 Å². The number of benzene rings is 1.